The Morgan fingerprint density at radius 2 is 1.97 bits per heavy atom. The van der Waals surface area contributed by atoms with Gasteiger partial charge < -0.3 is 20.5 Å². The molecule has 1 aromatic heterocycles. The lowest BCUT2D eigenvalue weighted by atomic mass is 10.1. The van der Waals surface area contributed by atoms with Gasteiger partial charge in [0.05, 0.1) is 23.7 Å². The van der Waals surface area contributed by atoms with Gasteiger partial charge in [0.2, 0.25) is 0 Å². The number of piperazine rings is 1. The van der Waals surface area contributed by atoms with Gasteiger partial charge in [-0.15, -0.1) is 0 Å². The van der Waals surface area contributed by atoms with Crippen LogP contribution in [0.25, 0.3) is 10.9 Å². The monoisotopic (exact) mass is 476 g/mol. The summed E-state index contributed by atoms with van der Waals surface area (Å²) in [4.78, 5) is 25.0. The van der Waals surface area contributed by atoms with Crippen molar-refractivity contribution < 1.29 is 14.3 Å². The molecule has 9 nitrogen and oxygen atoms in total. The van der Waals surface area contributed by atoms with E-state index in [1.165, 1.54) is 5.56 Å². The molecule has 0 amide bonds. The highest BCUT2D eigenvalue weighted by atomic mass is 16.5. The van der Waals surface area contributed by atoms with Gasteiger partial charge >= 0.3 is 5.97 Å². The zero-order valence-corrected chi connectivity index (χ0v) is 20.0. The Morgan fingerprint density at radius 1 is 1.17 bits per heavy atom. The first-order chi connectivity index (χ1) is 17.1. The minimum absolute atomic E-state index is 0.0855. The van der Waals surface area contributed by atoms with Crippen molar-refractivity contribution in [1.82, 2.24) is 19.8 Å². The van der Waals surface area contributed by atoms with E-state index in [4.69, 9.17) is 15.2 Å². The van der Waals surface area contributed by atoms with E-state index in [9.17, 15) is 4.79 Å². The number of hydrogen-bond donors (Lipinski definition) is 2. The number of anilines is 2. The maximum Gasteiger partial charge on any atom is 0.307 e. The molecular formula is C26H32N6O3. The summed E-state index contributed by atoms with van der Waals surface area (Å²) in [6, 6.07) is 14.3. The number of esters is 1. The third-order valence-corrected chi connectivity index (χ3v) is 6.85. The second kappa shape index (κ2) is 10.5. The lowest BCUT2D eigenvalue weighted by Crippen LogP contribution is -2.51. The number of nitrogen functional groups attached to an aromatic ring is 1. The number of benzene rings is 2. The number of nitrogens with two attached hydrogens (primary N) is 1. The first-order valence-corrected chi connectivity index (χ1v) is 12.2. The minimum atomic E-state index is -0.0855. The van der Waals surface area contributed by atoms with Crippen LogP contribution in [0.2, 0.25) is 0 Å². The highest BCUT2D eigenvalue weighted by Crippen LogP contribution is 2.31. The predicted octanol–water partition coefficient (Wildman–Crippen LogP) is 2.70. The summed E-state index contributed by atoms with van der Waals surface area (Å²) in [5.41, 5.74) is 8.88. The van der Waals surface area contributed by atoms with Crippen LogP contribution in [-0.4, -0.2) is 77.7 Å². The van der Waals surface area contributed by atoms with Crippen LogP contribution in [0.15, 0.2) is 48.8 Å². The van der Waals surface area contributed by atoms with E-state index in [0.29, 0.717) is 31.1 Å². The third-order valence-electron chi connectivity index (χ3n) is 6.85. The molecule has 5 rings (SSSR count). The Labute approximate surface area is 205 Å². The van der Waals surface area contributed by atoms with E-state index < -0.39 is 0 Å². The van der Waals surface area contributed by atoms with Crippen molar-refractivity contribution in [3.05, 3.63) is 54.4 Å². The normalized spacial score (nSPS) is 20.0. The highest BCUT2D eigenvalue weighted by molar-refractivity contribution is 5.93. The molecular weight excluding hydrogens is 444 g/mol. The lowest BCUT2D eigenvalue weighted by Gasteiger charge is -2.36. The maximum absolute atomic E-state index is 11.4. The smallest absolute Gasteiger partial charge is 0.307 e. The fraction of sp³-hybridized carbons (Fsp3) is 0.423. The number of cyclic esters (lactones) is 1. The molecule has 9 heteroatoms. The van der Waals surface area contributed by atoms with Crippen molar-refractivity contribution in [2.75, 3.05) is 57.0 Å². The van der Waals surface area contributed by atoms with Crippen molar-refractivity contribution in [1.29, 1.82) is 0 Å². The first-order valence-electron chi connectivity index (χ1n) is 12.2. The molecule has 2 aliphatic rings. The van der Waals surface area contributed by atoms with Crippen LogP contribution in [0.4, 0.5) is 11.5 Å². The third kappa shape index (κ3) is 5.47. The largest absolute Gasteiger partial charge is 0.490 e. The summed E-state index contributed by atoms with van der Waals surface area (Å²) in [7, 11) is 0. The van der Waals surface area contributed by atoms with E-state index >= 15 is 0 Å². The number of ether oxygens (including phenoxy) is 2. The molecule has 35 heavy (non-hydrogen) atoms. The maximum atomic E-state index is 11.4. The molecule has 2 saturated heterocycles. The zero-order valence-electron chi connectivity index (χ0n) is 20.0. The summed E-state index contributed by atoms with van der Waals surface area (Å²) < 4.78 is 11.2. The SMILES string of the molecule is C[C@@H](Nc1ncnc2cc(OCCN3CCN(C4COC(=O)C4)CC3)c(N)cc12)c1ccccc1. The standard InChI is InChI=1S/C26H32N6O3/c1-18(19-5-3-2-4-6-19)30-26-21-14-22(27)24(15-23(21)28-17-29-26)34-12-11-31-7-9-32(10-8-31)20-13-25(33)35-16-20/h2-6,14-15,17-18,20H,7-13,16,27H2,1H3,(H,28,29,30)/t18-,20?/m1/s1. The molecule has 2 fully saturated rings. The second-order valence-electron chi connectivity index (χ2n) is 9.17. The van der Waals surface area contributed by atoms with Gasteiger partial charge in [0.1, 0.15) is 31.1 Å². The van der Waals surface area contributed by atoms with E-state index in [1.54, 1.807) is 6.33 Å². The Balaban J connectivity index is 1.17. The van der Waals surface area contributed by atoms with Crippen molar-refractivity contribution >= 4 is 28.4 Å². The van der Waals surface area contributed by atoms with Gasteiger partial charge in [-0.2, -0.15) is 0 Å². The molecule has 184 valence electrons. The van der Waals surface area contributed by atoms with Crippen LogP contribution in [-0.2, 0) is 9.53 Å². The van der Waals surface area contributed by atoms with Gasteiger partial charge in [0.25, 0.3) is 0 Å². The van der Waals surface area contributed by atoms with Crippen LogP contribution in [0.5, 0.6) is 5.75 Å². The summed E-state index contributed by atoms with van der Waals surface area (Å²) >= 11 is 0. The average Bonchev–Trinajstić information content (AvgIpc) is 3.32. The van der Waals surface area contributed by atoms with E-state index in [1.807, 2.05) is 30.3 Å². The molecule has 3 aromatic rings. The Kier molecular flexibility index (Phi) is 6.96. The topological polar surface area (TPSA) is 106 Å². The number of fused-ring (bicyclic) bond motifs is 1. The van der Waals surface area contributed by atoms with Gasteiger partial charge in [0.15, 0.2) is 0 Å². The average molecular weight is 477 g/mol. The van der Waals surface area contributed by atoms with Gasteiger partial charge in [-0.05, 0) is 18.6 Å². The van der Waals surface area contributed by atoms with Crippen LogP contribution in [0.1, 0.15) is 24.9 Å². The van der Waals surface area contributed by atoms with Crippen LogP contribution in [0.3, 0.4) is 0 Å². The molecule has 2 aliphatic heterocycles. The molecule has 0 bridgehead atoms. The highest BCUT2D eigenvalue weighted by Gasteiger charge is 2.31. The summed E-state index contributed by atoms with van der Waals surface area (Å²) in [5.74, 6) is 1.30. The number of carbonyl (C=O) groups is 1. The number of rotatable bonds is 8. The molecule has 0 saturated carbocycles. The fourth-order valence-corrected chi connectivity index (χ4v) is 4.74. The molecule has 3 N–H and O–H groups in total. The van der Waals surface area contributed by atoms with Gasteiger partial charge in [-0.25, -0.2) is 9.97 Å². The number of nitrogens with one attached hydrogen (secondary N) is 1. The lowest BCUT2D eigenvalue weighted by molar-refractivity contribution is -0.137. The van der Waals surface area contributed by atoms with Crippen molar-refractivity contribution in [2.24, 2.45) is 0 Å². The summed E-state index contributed by atoms with van der Waals surface area (Å²) in [5, 5.41) is 4.34. The molecule has 0 radical (unpaired) electrons. The van der Waals surface area contributed by atoms with Crippen LogP contribution < -0.4 is 15.8 Å². The molecule has 2 aromatic carbocycles. The Morgan fingerprint density at radius 3 is 2.71 bits per heavy atom. The van der Waals surface area contributed by atoms with E-state index in [0.717, 1.165) is 49.4 Å². The first kappa shape index (κ1) is 23.3. The van der Waals surface area contributed by atoms with Crippen LogP contribution >= 0.6 is 0 Å². The van der Waals surface area contributed by atoms with Crippen LogP contribution in [0, 0.1) is 0 Å². The molecule has 0 spiro atoms. The molecule has 2 atom stereocenters. The number of carbonyl (C=O) groups excluding carboxylic acids is 1. The van der Waals surface area contributed by atoms with Crippen molar-refractivity contribution in [2.45, 2.75) is 25.4 Å². The van der Waals surface area contributed by atoms with Gasteiger partial charge in [0, 0.05) is 50.2 Å². The Hall–Kier alpha value is -3.43. The molecule has 3 heterocycles. The summed E-state index contributed by atoms with van der Waals surface area (Å²) in [6.45, 7) is 7.76. The second-order valence-corrected chi connectivity index (χ2v) is 9.17. The van der Waals surface area contributed by atoms with E-state index in [-0.39, 0.29) is 18.1 Å². The molecule has 0 aliphatic carbocycles. The van der Waals surface area contributed by atoms with E-state index in [2.05, 4.69) is 44.1 Å². The predicted molar refractivity (Wildman–Crippen MR) is 135 cm³/mol. The molecule has 1 unspecified atom stereocenters. The Bertz CT molecular complexity index is 1170. The van der Waals surface area contributed by atoms with Gasteiger partial charge in [-0.1, -0.05) is 30.3 Å². The van der Waals surface area contributed by atoms with Crippen molar-refractivity contribution in [3.63, 3.8) is 0 Å². The quantitative estimate of drug-likeness (QED) is 0.375. The number of aromatic nitrogens is 2. The number of hydrogen-bond acceptors (Lipinski definition) is 9. The zero-order chi connectivity index (χ0) is 24.2. The minimum Gasteiger partial charge on any atom is -0.490 e. The fourth-order valence-electron chi connectivity index (χ4n) is 4.74. The summed E-state index contributed by atoms with van der Waals surface area (Å²) in [6.07, 6.45) is 2.07. The number of nitrogens with zero attached hydrogens (tertiary/aromatic N) is 4. The van der Waals surface area contributed by atoms with Crippen molar-refractivity contribution in [3.8, 4) is 5.75 Å². The van der Waals surface area contributed by atoms with Gasteiger partial charge in [-0.3, -0.25) is 14.6 Å².